The van der Waals surface area contributed by atoms with Crippen LogP contribution in [0.5, 0.6) is 0 Å². The van der Waals surface area contributed by atoms with Gasteiger partial charge in [-0.25, -0.2) is 0 Å². The van der Waals surface area contributed by atoms with Gasteiger partial charge < -0.3 is 0 Å². The standard InChI is InChI=1S/C13H18.2C2H6/c1-11-6-5-9-13(11)10-12-7-3-2-4-8-12;2*1-2/h2-4,7-8,11,13H,5-6,9-10H2,1H3;2*1-2H3/t11-,13?;;/m1../s1. The summed E-state index contributed by atoms with van der Waals surface area (Å²) in [5.74, 6) is 1.89. The number of benzene rings is 1. The highest BCUT2D eigenvalue weighted by atomic mass is 14.3. The molecule has 0 N–H and O–H groups in total. The van der Waals surface area contributed by atoms with E-state index in [2.05, 4.69) is 37.3 Å². The summed E-state index contributed by atoms with van der Waals surface area (Å²) < 4.78 is 0. The van der Waals surface area contributed by atoms with Gasteiger partial charge in [-0.05, 0) is 30.2 Å². The SMILES string of the molecule is CC.CC.C[C@@H]1CCCC1Cc1ccccc1. The molecular weight excluding hydrogens is 204 g/mol. The topological polar surface area (TPSA) is 0 Å². The lowest BCUT2D eigenvalue weighted by molar-refractivity contribution is 0.417. The molecule has 1 saturated carbocycles. The normalized spacial score (nSPS) is 21.9. The summed E-state index contributed by atoms with van der Waals surface area (Å²) in [5, 5.41) is 0. The molecule has 0 bridgehead atoms. The van der Waals surface area contributed by atoms with Gasteiger partial charge in [-0.1, -0.05) is 77.8 Å². The van der Waals surface area contributed by atoms with E-state index in [1.807, 2.05) is 27.7 Å². The molecule has 1 aromatic carbocycles. The lowest BCUT2D eigenvalue weighted by Crippen LogP contribution is -2.07. The third-order valence-corrected chi connectivity index (χ3v) is 3.38. The molecule has 0 nitrogen and oxygen atoms in total. The van der Waals surface area contributed by atoms with Gasteiger partial charge in [0.2, 0.25) is 0 Å². The van der Waals surface area contributed by atoms with Crippen LogP contribution in [-0.2, 0) is 6.42 Å². The summed E-state index contributed by atoms with van der Waals surface area (Å²) in [5.41, 5.74) is 1.52. The van der Waals surface area contributed by atoms with Crippen molar-refractivity contribution in [2.24, 2.45) is 11.8 Å². The van der Waals surface area contributed by atoms with Crippen molar-refractivity contribution < 1.29 is 0 Å². The Bertz CT molecular complexity index is 250. The summed E-state index contributed by atoms with van der Waals surface area (Å²) in [6.07, 6.45) is 5.62. The van der Waals surface area contributed by atoms with Gasteiger partial charge in [0.25, 0.3) is 0 Å². The summed E-state index contributed by atoms with van der Waals surface area (Å²) in [6.45, 7) is 10.4. The first-order chi connectivity index (χ1) is 8.36. The molecule has 0 saturated heterocycles. The second-order valence-electron chi connectivity index (χ2n) is 4.36. The Kier molecular flexibility index (Phi) is 9.90. The lowest BCUT2D eigenvalue weighted by atomic mass is 9.91. The van der Waals surface area contributed by atoms with Gasteiger partial charge in [-0.15, -0.1) is 0 Å². The number of hydrogen-bond acceptors (Lipinski definition) is 0. The summed E-state index contributed by atoms with van der Waals surface area (Å²) in [7, 11) is 0. The largest absolute Gasteiger partial charge is 0.0683 e. The Balaban J connectivity index is 0.000000581. The minimum Gasteiger partial charge on any atom is -0.0683 e. The predicted octanol–water partition coefficient (Wildman–Crippen LogP) is 5.72. The van der Waals surface area contributed by atoms with E-state index in [0.29, 0.717) is 0 Å². The van der Waals surface area contributed by atoms with Crippen molar-refractivity contribution in [2.75, 3.05) is 0 Å². The second-order valence-corrected chi connectivity index (χ2v) is 4.36. The maximum atomic E-state index is 2.40. The van der Waals surface area contributed by atoms with E-state index in [1.54, 1.807) is 0 Å². The average molecular weight is 234 g/mol. The van der Waals surface area contributed by atoms with E-state index < -0.39 is 0 Å². The summed E-state index contributed by atoms with van der Waals surface area (Å²) in [4.78, 5) is 0. The molecule has 0 amide bonds. The third-order valence-electron chi connectivity index (χ3n) is 3.38. The Labute approximate surface area is 108 Å². The fraction of sp³-hybridized carbons (Fsp3) is 0.647. The van der Waals surface area contributed by atoms with Crippen molar-refractivity contribution in [3.8, 4) is 0 Å². The molecule has 0 radical (unpaired) electrons. The Morgan fingerprint density at radius 2 is 1.53 bits per heavy atom. The Hall–Kier alpha value is -0.780. The zero-order valence-electron chi connectivity index (χ0n) is 12.4. The first-order valence-corrected chi connectivity index (χ1v) is 7.40. The zero-order valence-corrected chi connectivity index (χ0v) is 12.4. The molecule has 0 spiro atoms. The molecule has 1 fully saturated rings. The fourth-order valence-electron chi connectivity index (χ4n) is 2.44. The van der Waals surface area contributed by atoms with Gasteiger partial charge in [0.15, 0.2) is 0 Å². The summed E-state index contributed by atoms with van der Waals surface area (Å²) in [6, 6.07) is 10.9. The Morgan fingerprint density at radius 3 is 2.00 bits per heavy atom. The van der Waals surface area contributed by atoms with Crippen molar-refractivity contribution in [2.45, 2.75) is 60.3 Å². The molecule has 2 rings (SSSR count). The summed E-state index contributed by atoms with van der Waals surface area (Å²) >= 11 is 0. The van der Waals surface area contributed by atoms with Crippen molar-refractivity contribution in [1.29, 1.82) is 0 Å². The van der Waals surface area contributed by atoms with E-state index in [1.165, 1.54) is 31.2 Å². The lowest BCUT2D eigenvalue weighted by Gasteiger charge is -2.14. The number of rotatable bonds is 2. The third kappa shape index (κ3) is 5.91. The van der Waals surface area contributed by atoms with Crippen LogP contribution in [0.25, 0.3) is 0 Å². The van der Waals surface area contributed by atoms with Crippen molar-refractivity contribution in [1.82, 2.24) is 0 Å². The molecule has 2 atom stereocenters. The molecule has 1 unspecified atom stereocenters. The van der Waals surface area contributed by atoms with Crippen LogP contribution in [0, 0.1) is 11.8 Å². The fourth-order valence-corrected chi connectivity index (χ4v) is 2.44. The molecule has 0 aromatic heterocycles. The first-order valence-electron chi connectivity index (χ1n) is 7.40. The molecule has 17 heavy (non-hydrogen) atoms. The highest BCUT2D eigenvalue weighted by Crippen LogP contribution is 2.33. The zero-order chi connectivity index (χ0) is 13.1. The average Bonchev–Trinajstić information content (AvgIpc) is 2.81. The first kappa shape index (κ1) is 16.2. The van der Waals surface area contributed by atoms with Crippen LogP contribution in [-0.4, -0.2) is 0 Å². The van der Waals surface area contributed by atoms with E-state index in [9.17, 15) is 0 Å². The molecule has 1 aliphatic rings. The Morgan fingerprint density at radius 1 is 0.941 bits per heavy atom. The van der Waals surface area contributed by atoms with Crippen molar-refractivity contribution in [3.63, 3.8) is 0 Å². The van der Waals surface area contributed by atoms with Crippen molar-refractivity contribution >= 4 is 0 Å². The molecule has 1 aliphatic carbocycles. The maximum absolute atomic E-state index is 2.40. The monoisotopic (exact) mass is 234 g/mol. The second kappa shape index (κ2) is 10.4. The molecule has 98 valence electrons. The van der Waals surface area contributed by atoms with Gasteiger partial charge in [0.1, 0.15) is 0 Å². The molecule has 1 aromatic rings. The quantitative estimate of drug-likeness (QED) is 0.614. The minimum atomic E-state index is 0.945. The van der Waals surface area contributed by atoms with Crippen LogP contribution in [0.4, 0.5) is 0 Å². The highest BCUT2D eigenvalue weighted by molar-refractivity contribution is 5.15. The van der Waals surface area contributed by atoms with Gasteiger partial charge in [-0.3, -0.25) is 0 Å². The van der Waals surface area contributed by atoms with Gasteiger partial charge in [0, 0.05) is 0 Å². The van der Waals surface area contributed by atoms with E-state index >= 15 is 0 Å². The van der Waals surface area contributed by atoms with Crippen LogP contribution in [0.3, 0.4) is 0 Å². The maximum Gasteiger partial charge on any atom is -0.0248 e. The smallest absolute Gasteiger partial charge is 0.0248 e. The van der Waals surface area contributed by atoms with Gasteiger partial charge in [-0.2, -0.15) is 0 Å². The van der Waals surface area contributed by atoms with Crippen LogP contribution in [0.2, 0.25) is 0 Å². The molecule has 0 heteroatoms. The molecule has 0 heterocycles. The van der Waals surface area contributed by atoms with E-state index in [4.69, 9.17) is 0 Å². The van der Waals surface area contributed by atoms with E-state index in [0.717, 1.165) is 11.8 Å². The van der Waals surface area contributed by atoms with Crippen LogP contribution in [0.15, 0.2) is 30.3 Å². The van der Waals surface area contributed by atoms with Crippen LogP contribution >= 0.6 is 0 Å². The molecule has 0 aliphatic heterocycles. The number of hydrogen-bond donors (Lipinski definition) is 0. The van der Waals surface area contributed by atoms with E-state index in [-0.39, 0.29) is 0 Å². The van der Waals surface area contributed by atoms with Gasteiger partial charge >= 0.3 is 0 Å². The van der Waals surface area contributed by atoms with Gasteiger partial charge in [0.05, 0.1) is 0 Å². The van der Waals surface area contributed by atoms with Crippen LogP contribution < -0.4 is 0 Å². The minimum absolute atomic E-state index is 0.945. The van der Waals surface area contributed by atoms with Crippen LogP contribution in [0.1, 0.15) is 59.4 Å². The molecular formula is C17H30. The van der Waals surface area contributed by atoms with Crippen molar-refractivity contribution in [3.05, 3.63) is 35.9 Å². The predicted molar refractivity (Wildman–Crippen MR) is 79.3 cm³/mol. The highest BCUT2D eigenvalue weighted by Gasteiger charge is 2.22.